The van der Waals surface area contributed by atoms with Crippen LogP contribution in [0.2, 0.25) is 0 Å². The van der Waals surface area contributed by atoms with Crippen LogP contribution in [0.4, 0.5) is 5.69 Å². The Morgan fingerprint density at radius 2 is 1.13 bits per heavy atom. The van der Waals surface area contributed by atoms with Gasteiger partial charge in [-0.25, -0.2) is 0 Å². The number of rotatable bonds is 5. The Labute approximate surface area is 181 Å². The summed E-state index contributed by atoms with van der Waals surface area (Å²) in [6.07, 6.45) is 0. The molecule has 3 aromatic rings. The highest BCUT2D eigenvalue weighted by Crippen LogP contribution is 2.29. The average Bonchev–Trinajstić information content (AvgIpc) is 2.71. The Morgan fingerprint density at radius 1 is 0.667 bits per heavy atom. The highest BCUT2D eigenvalue weighted by molar-refractivity contribution is 6.02. The third-order valence-corrected chi connectivity index (χ3v) is 5.49. The van der Waals surface area contributed by atoms with Gasteiger partial charge in [0.2, 0.25) is 0 Å². The summed E-state index contributed by atoms with van der Waals surface area (Å²) in [6, 6.07) is 25.9. The van der Waals surface area contributed by atoms with Crippen LogP contribution in [0.1, 0.15) is 74.6 Å². The minimum atomic E-state index is -0.443. The van der Waals surface area contributed by atoms with Crippen LogP contribution >= 0.6 is 0 Å². The van der Waals surface area contributed by atoms with E-state index in [9.17, 15) is 4.79 Å². The van der Waals surface area contributed by atoms with E-state index in [4.69, 9.17) is 0 Å². The zero-order chi connectivity index (χ0) is 21.9. The summed E-state index contributed by atoms with van der Waals surface area (Å²) < 4.78 is 0. The van der Waals surface area contributed by atoms with Gasteiger partial charge in [-0.2, -0.15) is 0 Å². The highest BCUT2D eigenvalue weighted by atomic mass is 16.1. The van der Waals surface area contributed by atoms with Crippen LogP contribution in [0.15, 0.2) is 78.9 Å². The standard InChI is InChI=1S/C28H33NO/c1-27(2,3)22-16-12-20(13-17-22)25(29-24-10-8-7-9-11-24)26(30)21-14-18-23(19-15-21)28(4,5)6/h7-19,25,29H,1-6H3/t25-/m0/s1. The van der Waals surface area contributed by atoms with Gasteiger partial charge in [0.15, 0.2) is 5.78 Å². The van der Waals surface area contributed by atoms with Crippen molar-refractivity contribution in [3.8, 4) is 0 Å². The van der Waals surface area contributed by atoms with Crippen molar-refractivity contribution in [2.45, 2.75) is 58.4 Å². The van der Waals surface area contributed by atoms with Crippen LogP contribution in [-0.4, -0.2) is 5.78 Å². The van der Waals surface area contributed by atoms with Crippen molar-refractivity contribution in [3.63, 3.8) is 0 Å². The fraction of sp³-hybridized carbons (Fsp3) is 0.321. The molecule has 0 unspecified atom stereocenters. The number of para-hydroxylation sites is 1. The van der Waals surface area contributed by atoms with Crippen LogP contribution < -0.4 is 5.32 Å². The predicted octanol–water partition coefficient (Wildman–Crippen LogP) is 7.32. The molecule has 156 valence electrons. The van der Waals surface area contributed by atoms with E-state index in [1.54, 1.807) is 0 Å². The Balaban J connectivity index is 1.95. The quantitative estimate of drug-likeness (QED) is 0.455. The van der Waals surface area contributed by atoms with E-state index < -0.39 is 6.04 Å². The van der Waals surface area contributed by atoms with Crippen LogP contribution in [0, 0.1) is 0 Å². The van der Waals surface area contributed by atoms with Gasteiger partial charge in [0.1, 0.15) is 6.04 Å². The molecule has 0 heterocycles. The van der Waals surface area contributed by atoms with Crippen molar-refractivity contribution in [1.82, 2.24) is 0 Å². The number of ketones is 1. The van der Waals surface area contributed by atoms with E-state index in [1.807, 2.05) is 42.5 Å². The maximum absolute atomic E-state index is 13.5. The summed E-state index contributed by atoms with van der Waals surface area (Å²) in [4.78, 5) is 13.5. The Morgan fingerprint density at radius 3 is 1.60 bits per heavy atom. The van der Waals surface area contributed by atoms with Crippen molar-refractivity contribution in [2.75, 3.05) is 5.32 Å². The van der Waals surface area contributed by atoms with Crippen molar-refractivity contribution in [3.05, 3.63) is 101 Å². The molecule has 0 radical (unpaired) electrons. The zero-order valence-electron chi connectivity index (χ0n) is 19.0. The molecular formula is C28H33NO. The Bertz CT molecular complexity index is 972. The summed E-state index contributed by atoms with van der Waals surface area (Å²) in [6.45, 7) is 13.1. The number of Topliss-reactive ketones (excluding diaryl/α,β-unsaturated/α-hetero) is 1. The second-order valence-electron chi connectivity index (χ2n) is 10.0. The maximum Gasteiger partial charge on any atom is 0.189 e. The van der Waals surface area contributed by atoms with Crippen LogP contribution in [0.25, 0.3) is 0 Å². The van der Waals surface area contributed by atoms with E-state index in [-0.39, 0.29) is 16.6 Å². The first-order valence-electron chi connectivity index (χ1n) is 10.6. The lowest BCUT2D eigenvalue weighted by atomic mass is 9.85. The largest absolute Gasteiger partial charge is 0.371 e. The molecule has 0 saturated heterocycles. The van der Waals surface area contributed by atoms with Crippen LogP contribution in [-0.2, 0) is 10.8 Å². The average molecular weight is 400 g/mol. The monoisotopic (exact) mass is 399 g/mol. The Hall–Kier alpha value is -2.87. The van der Waals surface area contributed by atoms with Gasteiger partial charge in [-0.05, 0) is 39.7 Å². The number of benzene rings is 3. The molecule has 1 N–H and O–H groups in total. The third kappa shape index (κ3) is 5.18. The maximum atomic E-state index is 13.5. The molecule has 30 heavy (non-hydrogen) atoms. The van der Waals surface area contributed by atoms with Crippen molar-refractivity contribution >= 4 is 11.5 Å². The first kappa shape index (κ1) is 21.8. The lowest BCUT2D eigenvalue weighted by molar-refractivity contribution is 0.0969. The molecule has 0 saturated carbocycles. The second-order valence-corrected chi connectivity index (χ2v) is 10.0. The molecule has 2 nitrogen and oxygen atoms in total. The lowest BCUT2D eigenvalue weighted by Gasteiger charge is -2.23. The molecule has 0 bridgehead atoms. The summed E-state index contributed by atoms with van der Waals surface area (Å²) in [5.41, 5.74) is 5.24. The number of carbonyl (C=O) groups is 1. The lowest BCUT2D eigenvalue weighted by Crippen LogP contribution is -2.22. The number of hydrogen-bond donors (Lipinski definition) is 1. The van der Waals surface area contributed by atoms with Gasteiger partial charge >= 0.3 is 0 Å². The minimum Gasteiger partial charge on any atom is -0.371 e. The second kappa shape index (κ2) is 8.47. The first-order valence-corrected chi connectivity index (χ1v) is 10.6. The molecule has 0 aliphatic carbocycles. The Kier molecular flexibility index (Phi) is 6.17. The van der Waals surface area contributed by atoms with Gasteiger partial charge in [-0.15, -0.1) is 0 Å². The van der Waals surface area contributed by atoms with Gasteiger partial charge in [-0.3, -0.25) is 4.79 Å². The molecule has 3 aromatic carbocycles. The van der Waals surface area contributed by atoms with E-state index in [1.165, 1.54) is 11.1 Å². The molecule has 0 amide bonds. The van der Waals surface area contributed by atoms with E-state index in [2.05, 4.69) is 83.3 Å². The number of hydrogen-bond acceptors (Lipinski definition) is 2. The fourth-order valence-corrected chi connectivity index (χ4v) is 3.48. The summed E-state index contributed by atoms with van der Waals surface area (Å²) in [7, 11) is 0. The smallest absolute Gasteiger partial charge is 0.189 e. The van der Waals surface area contributed by atoms with Crippen molar-refractivity contribution in [1.29, 1.82) is 0 Å². The van der Waals surface area contributed by atoms with E-state index >= 15 is 0 Å². The van der Waals surface area contributed by atoms with Gasteiger partial charge in [0, 0.05) is 11.3 Å². The number of anilines is 1. The van der Waals surface area contributed by atoms with E-state index in [0.29, 0.717) is 0 Å². The van der Waals surface area contributed by atoms with Crippen LogP contribution in [0.5, 0.6) is 0 Å². The summed E-state index contributed by atoms with van der Waals surface area (Å²) >= 11 is 0. The van der Waals surface area contributed by atoms with Gasteiger partial charge < -0.3 is 5.32 Å². The zero-order valence-corrected chi connectivity index (χ0v) is 19.0. The van der Waals surface area contributed by atoms with Gasteiger partial charge in [0.25, 0.3) is 0 Å². The molecular weight excluding hydrogens is 366 g/mol. The topological polar surface area (TPSA) is 29.1 Å². The molecule has 0 spiro atoms. The molecule has 0 aliphatic rings. The minimum absolute atomic E-state index is 0.0616. The van der Waals surface area contributed by atoms with Crippen LogP contribution in [0.3, 0.4) is 0 Å². The molecule has 0 fully saturated rings. The van der Waals surface area contributed by atoms with Gasteiger partial charge in [0.05, 0.1) is 0 Å². The predicted molar refractivity (Wildman–Crippen MR) is 127 cm³/mol. The molecule has 0 aliphatic heterocycles. The van der Waals surface area contributed by atoms with Crippen molar-refractivity contribution < 1.29 is 4.79 Å². The number of carbonyl (C=O) groups excluding carboxylic acids is 1. The SMILES string of the molecule is CC(C)(C)c1ccc(C(=O)[C@@H](Nc2ccccc2)c2ccc(C(C)(C)C)cc2)cc1. The third-order valence-electron chi connectivity index (χ3n) is 5.49. The molecule has 0 aromatic heterocycles. The highest BCUT2D eigenvalue weighted by Gasteiger charge is 2.24. The fourth-order valence-electron chi connectivity index (χ4n) is 3.48. The normalized spacial score (nSPS) is 13.0. The summed E-state index contributed by atoms with van der Waals surface area (Å²) in [5.74, 6) is 0.0721. The molecule has 1 atom stereocenters. The molecule has 3 rings (SSSR count). The first-order chi connectivity index (χ1) is 14.1. The van der Waals surface area contributed by atoms with Gasteiger partial charge in [-0.1, -0.05) is 108 Å². The van der Waals surface area contributed by atoms with E-state index in [0.717, 1.165) is 16.8 Å². The number of nitrogens with one attached hydrogen (secondary N) is 1. The summed E-state index contributed by atoms with van der Waals surface area (Å²) in [5, 5.41) is 3.45. The van der Waals surface area contributed by atoms with Crippen molar-refractivity contribution in [2.24, 2.45) is 0 Å². The molecule has 2 heteroatoms.